The van der Waals surface area contributed by atoms with Gasteiger partial charge in [-0.15, -0.1) is 0 Å². The second-order valence-electron chi connectivity index (χ2n) is 4.82. The Bertz CT molecular complexity index is 314. The average Bonchev–Trinajstić information content (AvgIpc) is 2.74. The first kappa shape index (κ1) is 11.6. The maximum absolute atomic E-state index is 5.64. The van der Waals surface area contributed by atoms with Crippen LogP contribution in [0.4, 0.5) is 0 Å². The highest BCUT2D eigenvalue weighted by atomic mass is 16.5. The minimum atomic E-state index is 0.454. The van der Waals surface area contributed by atoms with E-state index >= 15 is 0 Å². The summed E-state index contributed by atoms with van der Waals surface area (Å²) in [4.78, 5) is 2.35. The Kier molecular flexibility index (Phi) is 3.97. The lowest BCUT2D eigenvalue weighted by Gasteiger charge is -2.20. The summed E-state index contributed by atoms with van der Waals surface area (Å²) in [7, 11) is 2.17. The molecule has 16 heavy (non-hydrogen) atoms. The molecule has 2 heteroatoms. The molecule has 1 saturated heterocycles. The van der Waals surface area contributed by atoms with Crippen molar-refractivity contribution in [3.63, 3.8) is 0 Å². The predicted octanol–water partition coefficient (Wildman–Crippen LogP) is 2.61. The van der Waals surface area contributed by atoms with Gasteiger partial charge in [0.25, 0.3) is 0 Å². The van der Waals surface area contributed by atoms with Gasteiger partial charge >= 0.3 is 0 Å². The molecule has 1 atom stereocenters. The fourth-order valence-corrected chi connectivity index (χ4v) is 2.21. The van der Waals surface area contributed by atoms with Crippen LogP contribution in [0.3, 0.4) is 0 Å². The normalized spacial score (nSPS) is 20.6. The van der Waals surface area contributed by atoms with E-state index in [0.29, 0.717) is 6.10 Å². The van der Waals surface area contributed by atoms with Crippen LogP contribution in [-0.4, -0.2) is 31.2 Å². The summed E-state index contributed by atoms with van der Waals surface area (Å²) in [6.45, 7) is 5.14. The van der Waals surface area contributed by atoms with Crippen LogP contribution in [0.5, 0.6) is 0 Å². The molecule has 1 heterocycles. The predicted molar refractivity (Wildman–Crippen MR) is 66.5 cm³/mol. The Morgan fingerprint density at radius 3 is 2.69 bits per heavy atom. The van der Waals surface area contributed by atoms with Gasteiger partial charge in [0, 0.05) is 19.7 Å². The molecule has 1 unspecified atom stereocenters. The van der Waals surface area contributed by atoms with Crippen LogP contribution >= 0.6 is 0 Å². The first-order valence-corrected chi connectivity index (χ1v) is 6.10. The van der Waals surface area contributed by atoms with Crippen LogP contribution in [-0.2, 0) is 11.3 Å². The van der Waals surface area contributed by atoms with Crippen LogP contribution in [0.25, 0.3) is 0 Å². The second kappa shape index (κ2) is 5.46. The number of hydrogen-bond donors (Lipinski definition) is 0. The quantitative estimate of drug-likeness (QED) is 0.772. The molecule has 0 aromatic heterocycles. The zero-order chi connectivity index (χ0) is 11.4. The van der Waals surface area contributed by atoms with E-state index in [-0.39, 0.29) is 0 Å². The Labute approximate surface area is 98.2 Å². The van der Waals surface area contributed by atoms with Gasteiger partial charge in [-0.25, -0.2) is 0 Å². The zero-order valence-corrected chi connectivity index (χ0v) is 10.3. The van der Waals surface area contributed by atoms with E-state index in [2.05, 4.69) is 43.1 Å². The molecular weight excluding hydrogens is 198 g/mol. The van der Waals surface area contributed by atoms with Gasteiger partial charge in [-0.3, -0.25) is 4.90 Å². The summed E-state index contributed by atoms with van der Waals surface area (Å²) in [6, 6.07) is 8.77. The summed E-state index contributed by atoms with van der Waals surface area (Å²) in [5, 5.41) is 0. The number of likely N-dealkylation sites (N-methyl/N-ethyl adjacent to an activating group) is 1. The zero-order valence-electron chi connectivity index (χ0n) is 10.3. The molecule has 0 N–H and O–H groups in total. The number of rotatable bonds is 4. The van der Waals surface area contributed by atoms with Crippen molar-refractivity contribution in [2.45, 2.75) is 32.4 Å². The van der Waals surface area contributed by atoms with Crippen molar-refractivity contribution >= 4 is 0 Å². The standard InChI is InChI=1S/C14H21NO/c1-12-5-7-13(8-6-12)10-15(2)11-14-4-3-9-16-14/h5-8,14H,3-4,9-11H2,1-2H3. The fraction of sp³-hybridized carbons (Fsp3) is 0.571. The van der Waals surface area contributed by atoms with E-state index in [4.69, 9.17) is 4.74 Å². The van der Waals surface area contributed by atoms with Gasteiger partial charge < -0.3 is 4.74 Å². The minimum absolute atomic E-state index is 0.454. The Balaban J connectivity index is 1.81. The maximum atomic E-state index is 5.64. The number of aryl methyl sites for hydroxylation is 1. The highest BCUT2D eigenvalue weighted by molar-refractivity contribution is 5.21. The largest absolute Gasteiger partial charge is 0.377 e. The molecule has 1 aromatic carbocycles. The molecule has 1 aliphatic heterocycles. The van der Waals surface area contributed by atoms with Gasteiger partial charge in [-0.2, -0.15) is 0 Å². The molecule has 1 aromatic rings. The first-order chi connectivity index (χ1) is 7.74. The summed E-state index contributed by atoms with van der Waals surface area (Å²) in [6.07, 6.45) is 2.90. The van der Waals surface area contributed by atoms with E-state index in [1.165, 1.54) is 24.0 Å². The molecule has 1 fully saturated rings. The lowest BCUT2D eigenvalue weighted by atomic mass is 10.1. The Morgan fingerprint density at radius 1 is 1.31 bits per heavy atom. The van der Waals surface area contributed by atoms with Gasteiger partial charge in [-0.1, -0.05) is 29.8 Å². The molecule has 2 nitrogen and oxygen atoms in total. The van der Waals surface area contributed by atoms with Gasteiger partial charge in [0.05, 0.1) is 6.10 Å². The third-order valence-corrected chi connectivity index (χ3v) is 3.11. The summed E-state index contributed by atoms with van der Waals surface area (Å²) >= 11 is 0. The highest BCUT2D eigenvalue weighted by Crippen LogP contribution is 2.14. The molecule has 0 spiro atoms. The topological polar surface area (TPSA) is 12.5 Å². The molecule has 0 bridgehead atoms. The molecular formula is C14H21NO. The lowest BCUT2D eigenvalue weighted by molar-refractivity contribution is 0.0793. The van der Waals surface area contributed by atoms with Crippen molar-refractivity contribution in [2.24, 2.45) is 0 Å². The molecule has 2 rings (SSSR count). The Hall–Kier alpha value is -0.860. The highest BCUT2D eigenvalue weighted by Gasteiger charge is 2.17. The molecule has 0 aliphatic carbocycles. The molecule has 0 saturated carbocycles. The summed E-state index contributed by atoms with van der Waals surface area (Å²) in [5.41, 5.74) is 2.71. The molecule has 88 valence electrons. The summed E-state index contributed by atoms with van der Waals surface area (Å²) < 4.78 is 5.64. The van der Waals surface area contributed by atoms with Gasteiger partial charge in [-0.05, 0) is 32.4 Å². The van der Waals surface area contributed by atoms with E-state index in [0.717, 1.165) is 19.7 Å². The SMILES string of the molecule is Cc1ccc(CN(C)CC2CCCO2)cc1. The van der Waals surface area contributed by atoms with Crippen LogP contribution in [0.2, 0.25) is 0 Å². The van der Waals surface area contributed by atoms with E-state index < -0.39 is 0 Å². The molecule has 0 radical (unpaired) electrons. The van der Waals surface area contributed by atoms with Crippen molar-refractivity contribution in [3.8, 4) is 0 Å². The number of hydrogen-bond acceptors (Lipinski definition) is 2. The monoisotopic (exact) mass is 219 g/mol. The molecule has 0 amide bonds. The Morgan fingerprint density at radius 2 is 2.06 bits per heavy atom. The third-order valence-electron chi connectivity index (χ3n) is 3.11. The van der Waals surface area contributed by atoms with Crippen LogP contribution in [0, 0.1) is 6.92 Å². The molecule has 1 aliphatic rings. The second-order valence-corrected chi connectivity index (χ2v) is 4.82. The lowest BCUT2D eigenvalue weighted by Crippen LogP contribution is -2.28. The van der Waals surface area contributed by atoms with E-state index in [9.17, 15) is 0 Å². The average molecular weight is 219 g/mol. The van der Waals surface area contributed by atoms with Gasteiger partial charge in [0.15, 0.2) is 0 Å². The van der Waals surface area contributed by atoms with Crippen LogP contribution in [0.1, 0.15) is 24.0 Å². The van der Waals surface area contributed by atoms with Crippen molar-refractivity contribution in [3.05, 3.63) is 35.4 Å². The smallest absolute Gasteiger partial charge is 0.0702 e. The number of nitrogens with zero attached hydrogens (tertiary/aromatic N) is 1. The van der Waals surface area contributed by atoms with Crippen molar-refractivity contribution in [1.82, 2.24) is 4.90 Å². The minimum Gasteiger partial charge on any atom is -0.377 e. The van der Waals surface area contributed by atoms with Crippen LogP contribution < -0.4 is 0 Å². The maximum Gasteiger partial charge on any atom is 0.0702 e. The first-order valence-electron chi connectivity index (χ1n) is 6.10. The van der Waals surface area contributed by atoms with Crippen molar-refractivity contribution in [1.29, 1.82) is 0 Å². The van der Waals surface area contributed by atoms with Gasteiger partial charge in [0.2, 0.25) is 0 Å². The summed E-state index contributed by atoms with van der Waals surface area (Å²) in [5.74, 6) is 0. The van der Waals surface area contributed by atoms with Gasteiger partial charge in [0.1, 0.15) is 0 Å². The van der Waals surface area contributed by atoms with Crippen molar-refractivity contribution in [2.75, 3.05) is 20.2 Å². The number of benzene rings is 1. The van der Waals surface area contributed by atoms with E-state index in [1.54, 1.807) is 0 Å². The fourth-order valence-electron chi connectivity index (χ4n) is 2.21. The van der Waals surface area contributed by atoms with Crippen molar-refractivity contribution < 1.29 is 4.74 Å². The van der Waals surface area contributed by atoms with Crippen LogP contribution in [0.15, 0.2) is 24.3 Å². The third kappa shape index (κ3) is 3.32. The number of ether oxygens (including phenoxy) is 1. The van der Waals surface area contributed by atoms with E-state index in [1.807, 2.05) is 0 Å².